The number of alkyl halides is 3. The predicted molar refractivity (Wildman–Crippen MR) is 87.8 cm³/mol. The van der Waals surface area contributed by atoms with Crippen LogP contribution in [0.25, 0.3) is 5.69 Å². The van der Waals surface area contributed by atoms with Crippen LogP contribution in [0, 0.1) is 0 Å². The molecule has 126 valence electrons. The smallest absolute Gasteiger partial charge is 0.369 e. The summed E-state index contributed by atoms with van der Waals surface area (Å²) < 4.78 is 51.8. The van der Waals surface area contributed by atoms with Crippen LogP contribution < -0.4 is 5.32 Å². The average Bonchev–Trinajstić information content (AvgIpc) is 2.81. The van der Waals surface area contributed by atoms with Crippen LogP contribution in [0.2, 0.25) is 5.02 Å². The molecule has 1 aromatic heterocycles. The van der Waals surface area contributed by atoms with E-state index in [1.807, 2.05) is 6.92 Å². The summed E-state index contributed by atoms with van der Waals surface area (Å²) >= 11 is 9.15. The Hall–Kier alpha value is -1.06. The summed E-state index contributed by atoms with van der Waals surface area (Å²) in [5, 5.41) is 6.99. The lowest BCUT2D eigenvalue weighted by Gasteiger charge is -2.15. The van der Waals surface area contributed by atoms with Gasteiger partial charge in [0.25, 0.3) is 0 Å². The predicted octanol–water partition coefficient (Wildman–Crippen LogP) is 4.48. The topological polar surface area (TPSA) is 46.9 Å². The molecule has 0 radical (unpaired) electrons. The monoisotopic (exact) mass is 429 g/mol. The highest BCUT2D eigenvalue weighted by molar-refractivity contribution is 9.10. The van der Waals surface area contributed by atoms with Crippen molar-refractivity contribution in [2.24, 2.45) is 0 Å². The van der Waals surface area contributed by atoms with E-state index < -0.39 is 22.5 Å². The SMILES string of the molecule is CCNc1c(S(C)=O)cnn1-c1c(Cl)cc(C(F)(F)F)cc1Br. The molecule has 1 unspecified atom stereocenters. The van der Waals surface area contributed by atoms with Crippen LogP contribution in [-0.4, -0.2) is 26.8 Å². The van der Waals surface area contributed by atoms with E-state index in [-0.39, 0.29) is 15.2 Å². The highest BCUT2D eigenvalue weighted by Gasteiger charge is 2.32. The van der Waals surface area contributed by atoms with Gasteiger partial charge in [-0.05, 0) is 35.0 Å². The van der Waals surface area contributed by atoms with Gasteiger partial charge in [0.2, 0.25) is 0 Å². The third-order valence-electron chi connectivity index (χ3n) is 2.95. The summed E-state index contributed by atoms with van der Waals surface area (Å²) in [5.41, 5.74) is -0.623. The van der Waals surface area contributed by atoms with Crippen LogP contribution in [0.3, 0.4) is 0 Å². The van der Waals surface area contributed by atoms with Crippen LogP contribution in [0.15, 0.2) is 27.7 Å². The zero-order chi connectivity index (χ0) is 17.4. The van der Waals surface area contributed by atoms with Gasteiger partial charge in [0.05, 0.1) is 33.3 Å². The lowest BCUT2D eigenvalue weighted by molar-refractivity contribution is -0.137. The highest BCUT2D eigenvalue weighted by atomic mass is 79.9. The molecular weight excluding hydrogens is 419 g/mol. The fraction of sp³-hybridized carbons (Fsp3) is 0.308. The van der Waals surface area contributed by atoms with Gasteiger partial charge in [0.15, 0.2) is 0 Å². The van der Waals surface area contributed by atoms with Gasteiger partial charge in [-0.25, -0.2) is 4.68 Å². The Bertz CT molecular complexity index is 740. The number of rotatable bonds is 4. The van der Waals surface area contributed by atoms with Gasteiger partial charge < -0.3 is 5.32 Å². The van der Waals surface area contributed by atoms with Gasteiger partial charge in [-0.2, -0.15) is 18.3 Å². The Morgan fingerprint density at radius 2 is 2.09 bits per heavy atom. The van der Waals surface area contributed by atoms with Crippen molar-refractivity contribution >= 4 is 44.1 Å². The largest absolute Gasteiger partial charge is 0.416 e. The molecule has 1 aromatic carbocycles. The summed E-state index contributed by atoms with van der Waals surface area (Å²) in [6, 6.07) is 1.77. The van der Waals surface area contributed by atoms with E-state index in [0.29, 0.717) is 17.3 Å². The fourth-order valence-corrected chi connectivity index (χ4v) is 3.64. The normalized spacial score (nSPS) is 13.2. The van der Waals surface area contributed by atoms with E-state index in [9.17, 15) is 17.4 Å². The Balaban J connectivity index is 2.66. The van der Waals surface area contributed by atoms with Crippen molar-refractivity contribution < 1.29 is 17.4 Å². The van der Waals surface area contributed by atoms with Gasteiger partial charge in [0, 0.05) is 17.3 Å². The summed E-state index contributed by atoms with van der Waals surface area (Å²) in [4.78, 5) is 0.440. The third-order valence-corrected chi connectivity index (χ3v) is 4.76. The minimum atomic E-state index is -4.50. The molecule has 0 fully saturated rings. The Morgan fingerprint density at radius 3 is 2.57 bits per heavy atom. The minimum absolute atomic E-state index is 0.123. The van der Waals surface area contributed by atoms with Crippen molar-refractivity contribution in [3.8, 4) is 5.69 Å². The van der Waals surface area contributed by atoms with E-state index in [1.165, 1.54) is 17.1 Å². The molecule has 1 N–H and O–H groups in total. The Kier molecular flexibility index (Phi) is 5.42. The average molecular weight is 431 g/mol. The number of hydrogen-bond donors (Lipinski definition) is 1. The number of benzene rings is 1. The van der Waals surface area contributed by atoms with Crippen molar-refractivity contribution in [1.82, 2.24) is 9.78 Å². The van der Waals surface area contributed by atoms with Gasteiger partial charge in [0.1, 0.15) is 10.7 Å². The molecule has 0 saturated heterocycles. The number of nitrogens with one attached hydrogen (secondary N) is 1. The molecule has 0 aliphatic rings. The summed E-state index contributed by atoms with van der Waals surface area (Å²) in [6.07, 6.45) is -1.62. The highest BCUT2D eigenvalue weighted by Crippen LogP contribution is 2.39. The molecule has 0 aliphatic heterocycles. The quantitative estimate of drug-likeness (QED) is 0.778. The van der Waals surface area contributed by atoms with Crippen LogP contribution in [0.5, 0.6) is 0 Å². The molecule has 0 bridgehead atoms. The Labute approximate surface area is 146 Å². The molecule has 0 aliphatic carbocycles. The third kappa shape index (κ3) is 3.72. The zero-order valence-electron chi connectivity index (χ0n) is 12.0. The van der Waals surface area contributed by atoms with E-state index >= 15 is 0 Å². The molecule has 0 saturated carbocycles. The fourth-order valence-electron chi connectivity index (χ4n) is 1.97. The molecule has 0 amide bonds. The van der Waals surface area contributed by atoms with Crippen molar-refractivity contribution in [2.75, 3.05) is 18.1 Å². The van der Waals surface area contributed by atoms with Crippen molar-refractivity contribution in [3.63, 3.8) is 0 Å². The number of aromatic nitrogens is 2. The van der Waals surface area contributed by atoms with E-state index in [2.05, 4.69) is 26.3 Å². The lowest BCUT2D eigenvalue weighted by Crippen LogP contribution is -2.10. The standard InChI is InChI=1S/C13H12BrClF3N3OS/c1-3-19-12-10(23(2)22)6-20-21(12)11-8(14)4-7(5-9(11)15)13(16,17)18/h4-6,19H,3H2,1-2H3. The first-order chi connectivity index (χ1) is 10.7. The lowest BCUT2D eigenvalue weighted by atomic mass is 10.2. The maximum atomic E-state index is 12.8. The van der Waals surface area contributed by atoms with Crippen molar-refractivity contribution in [2.45, 2.75) is 18.0 Å². The van der Waals surface area contributed by atoms with Gasteiger partial charge in [-0.1, -0.05) is 11.6 Å². The first-order valence-corrected chi connectivity index (χ1v) is 9.11. The number of anilines is 1. The van der Waals surface area contributed by atoms with Gasteiger partial charge in [-0.15, -0.1) is 0 Å². The molecule has 23 heavy (non-hydrogen) atoms. The first kappa shape index (κ1) is 18.3. The molecule has 4 nitrogen and oxygen atoms in total. The number of hydrogen-bond acceptors (Lipinski definition) is 3. The molecule has 0 spiro atoms. The van der Waals surface area contributed by atoms with Crippen LogP contribution in [0.4, 0.5) is 19.0 Å². The van der Waals surface area contributed by atoms with E-state index in [1.54, 1.807) is 0 Å². The second kappa shape index (κ2) is 6.82. The molecule has 1 heterocycles. The second-order valence-corrected chi connectivity index (χ2v) is 7.15. The number of nitrogens with zero attached hydrogens (tertiary/aromatic N) is 2. The Morgan fingerprint density at radius 1 is 1.43 bits per heavy atom. The van der Waals surface area contributed by atoms with Crippen molar-refractivity contribution in [3.05, 3.63) is 33.4 Å². The molecule has 10 heteroatoms. The van der Waals surface area contributed by atoms with Crippen molar-refractivity contribution in [1.29, 1.82) is 0 Å². The summed E-state index contributed by atoms with van der Waals surface area (Å²) in [7, 11) is -1.31. The van der Waals surface area contributed by atoms with E-state index in [0.717, 1.165) is 12.1 Å². The first-order valence-electron chi connectivity index (χ1n) is 6.38. The van der Waals surface area contributed by atoms with E-state index in [4.69, 9.17) is 11.6 Å². The van der Waals surface area contributed by atoms with Crippen LogP contribution in [0.1, 0.15) is 12.5 Å². The molecule has 2 rings (SSSR count). The maximum Gasteiger partial charge on any atom is 0.416 e. The second-order valence-electron chi connectivity index (χ2n) is 4.54. The maximum absolute atomic E-state index is 12.8. The zero-order valence-corrected chi connectivity index (χ0v) is 15.2. The van der Waals surface area contributed by atoms with Crippen LogP contribution in [-0.2, 0) is 17.0 Å². The molecule has 2 aromatic rings. The molecular formula is C13H12BrClF3N3OS. The van der Waals surface area contributed by atoms with Gasteiger partial charge in [-0.3, -0.25) is 4.21 Å². The summed E-state index contributed by atoms with van der Waals surface area (Å²) in [6.45, 7) is 2.36. The van der Waals surface area contributed by atoms with Crippen LogP contribution >= 0.6 is 27.5 Å². The molecule has 1 atom stereocenters. The van der Waals surface area contributed by atoms with Gasteiger partial charge >= 0.3 is 6.18 Å². The number of halogens is 5. The summed E-state index contributed by atoms with van der Waals surface area (Å²) in [5.74, 6) is 0.427. The minimum Gasteiger partial charge on any atom is -0.369 e.